The van der Waals surface area contributed by atoms with Crippen LogP contribution in [0.25, 0.3) is 0 Å². The average Bonchev–Trinajstić information content (AvgIpc) is 2.91. The molecule has 0 bridgehead atoms. The van der Waals surface area contributed by atoms with Crippen LogP contribution in [0.4, 0.5) is 0 Å². The third-order valence-corrected chi connectivity index (χ3v) is 4.36. The number of hydrogen-bond acceptors (Lipinski definition) is 5. The van der Waals surface area contributed by atoms with Gasteiger partial charge >= 0.3 is 5.97 Å². The summed E-state index contributed by atoms with van der Waals surface area (Å²) in [5.41, 5.74) is 0. The first-order valence-electron chi connectivity index (χ1n) is 6.97. The zero-order valence-corrected chi connectivity index (χ0v) is 13.0. The van der Waals surface area contributed by atoms with Gasteiger partial charge in [-0.15, -0.1) is 11.3 Å². The molecule has 0 saturated carbocycles. The molecule has 0 unspecified atom stereocenters. The maximum atomic E-state index is 12.1. The van der Waals surface area contributed by atoms with Crippen molar-refractivity contribution in [2.75, 3.05) is 46.3 Å². The maximum absolute atomic E-state index is 12.1. The first kappa shape index (κ1) is 15.9. The van der Waals surface area contributed by atoms with E-state index in [2.05, 4.69) is 22.4 Å². The first-order valence-corrected chi connectivity index (χ1v) is 7.85. The molecule has 1 aliphatic heterocycles. The van der Waals surface area contributed by atoms with Crippen molar-refractivity contribution in [2.24, 2.45) is 0 Å². The lowest BCUT2D eigenvalue weighted by Gasteiger charge is -2.35. The van der Waals surface area contributed by atoms with Gasteiger partial charge < -0.3 is 10.0 Å². The number of rotatable bonds is 6. The minimum atomic E-state index is -0.911. The lowest BCUT2D eigenvalue weighted by molar-refractivity contribution is -0.139. The number of thiophene rings is 1. The van der Waals surface area contributed by atoms with Crippen LogP contribution < -0.4 is 0 Å². The molecule has 6 nitrogen and oxygen atoms in total. The van der Waals surface area contributed by atoms with E-state index < -0.39 is 5.97 Å². The molecule has 1 aliphatic rings. The van der Waals surface area contributed by atoms with Crippen LogP contribution in [0, 0.1) is 0 Å². The number of carboxylic acid groups (broad SMARTS) is 1. The molecular weight excluding hydrogens is 290 g/mol. The summed E-state index contributed by atoms with van der Waals surface area (Å²) in [5.74, 6) is -0.902. The molecule has 1 saturated heterocycles. The number of carbonyl (C=O) groups is 2. The van der Waals surface area contributed by atoms with Gasteiger partial charge in [0.1, 0.15) is 0 Å². The molecule has 21 heavy (non-hydrogen) atoms. The van der Waals surface area contributed by atoms with Crippen molar-refractivity contribution >= 4 is 23.2 Å². The highest BCUT2D eigenvalue weighted by Crippen LogP contribution is 2.13. The van der Waals surface area contributed by atoms with E-state index in [0.717, 1.165) is 19.6 Å². The van der Waals surface area contributed by atoms with Gasteiger partial charge in [-0.3, -0.25) is 19.4 Å². The van der Waals surface area contributed by atoms with E-state index in [-0.39, 0.29) is 19.0 Å². The number of piperazine rings is 1. The molecule has 1 fully saturated rings. The second-order valence-corrected chi connectivity index (χ2v) is 6.33. The van der Waals surface area contributed by atoms with Gasteiger partial charge in [-0.1, -0.05) is 6.07 Å². The predicted molar refractivity (Wildman–Crippen MR) is 81.3 cm³/mol. The fraction of sp³-hybridized carbons (Fsp3) is 0.571. The van der Waals surface area contributed by atoms with Crippen molar-refractivity contribution < 1.29 is 14.7 Å². The van der Waals surface area contributed by atoms with Gasteiger partial charge in [-0.2, -0.15) is 0 Å². The topological polar surface area (TPSA) is 64.1 Å². The van der Waals surface area contributed by atoms with Crippen LogP contribution in [0.1, 0.15) is 4.88 Å². The van der Waals surface area contributed by atoms with E-state index in [1.807, 2.05) is 4.90 Å². The van der Waals surface area contributed by atoms with Crippen molar-refractivity contribution in [1.82, 2.24) is 14.7 Å². The smallest absolute Gasteiger partial charge is 0.317 e. The average molecular weight is 311 g/mol. The fourth-order valence-corrected chi connectivity index (χ4v) is 3.14. The van der Waals surface area contributed by atoms with Gasteiger partial charge in [0, 0.05) is 37.6 Å². The van der Waals surface area contributed by atoms with Crippen molar-refractivity contribution in [3.8, 4) is 0 Å². The third kappa shape index (κ3) is 5.11. The van der Waals surface area contributed by atoms with Crippen molar-refractivity contribution in [2.45, 2.75) is 6.54 Å². The molecule has 1 N–H and O–H groups in total. The van der Waals surface area contributed by atoms with Crippen LogP contribution in [-0.2, 0) is 16.1 Å². The molecular formula is C14H21N3O3S. The molecule has 0 spiro atoms. The highest BCUT2D eigenvalue weighted by atomic mass is 32.1. The Kier molecular flexibility index (Phi) is 5.72. The molecule has 2 heterocycles. The number of hydrogen-bond donors (Lipinski definition) is 1. The molecule has 0 aliphatic carbocycles. The Morgan fingerprint density at radius 1 is 1.29 bits per heavy atom. The second kappa shape index (κ2) is 7.53. The van der Waals surface area contributed by atoms with Crippen LogP contribution >= 0.6 is 11.3 Å². The van der Waals surface area contributed by atoms with E-state index in [1.165, 1.54) is 9.78 Å². The zero-order chi connectivity index (χ0) is 15.2. The zero-order valence-electron chi connectivity index (χ0n) is 12.2. The Morgan fingerprint density at radius 3 is 2.57 bits per heavy atom. The van der Waals surface area contributed by atoms with Gasteiger partial charge in [0.2, 0.25) is 5.91 Å². The summed E-state index contributed by atoms with van der Waals surface area (Å²) < 4.78 is 0. The summed E-state index contributed by atoms with van der Waals surface area (Å²) in [6.45, 7) is 4.16. The van der Waals surface area contributed by atoms with E-state index >= 15 is 0 Å². The Bertz CT molecular complexity index is 470. The molecule has 0 atom stereocenters. The van der Waals surface area contributed by atoms with E-state index in [0.29, 0.717) is 13.1 Å². The van der Waals surface area contributed by atoms with Crippen LogP contribution in [0.3, 0.4) is 0 Å². The number of nitrogens with zero attached hydrogens (tertiary/aromatic N) is 3. The normalized spacial score (nSPS) is 16.4. The molecule has 1 aromatic rings. The minimum Gasteiger partial charge on any atom is -0.480 e. The Hall–Kier alpha value is -1.44. The summed E-state index contributed by atoms with van der Waals surface area (Å²) >= 11 is 1.75. The fourth-order valence-electron chi connectivity index (χ4n) is 2.40. The monoisotopic (exact) mass is 311 g/mol. The predicted octanol–water partition coefficient (Wildman–Crippen LogP) is 0.409. The summed E-state index contributed by atoms with van der Waals surface area (Å²) in [4.78, 5) is 29.7. The van der Waals surface area contributed by atoms with Gasteiger partial charge in [-0.25, -0.2) is 0 Å². The Labute approximate surface area is 128 Å². The largest absolute Gasteiger partial charge is 0.480 e. The van der Waals surface area contributed by atoms with Crippen LogP contribution in [0.2, 0.25) is 0 Å². The Balaban J connectivity index is 1.72. The third-order valence-electron chi connectivity index (χ3n) is 3.49. The summed E-state index contributed by atoms with van der Waals surface area (Å²) in [5, 5.41) is 10.8. The van der Waals surface area contributed by atoms with Gasteiger partial charge in [-0.05, 0) is 18.5 Å². The summed E-state index contributed by atoms with van der Waals surface area (Å²) in [6.07, 6.45) is 0. The van der Waals surface area contributed by atoms with Gasteiger partial charge in [0.05, 0.1) is 13.1 Å². The lowest BCUT2D eigenvalue weighted by Crippen LogP contribution is -2.50. The van der Waals surface area contributed by atoms with Gasteiger partial charge in [0.25, 0.3) is 0 Å². The van der Waals surface area contributed by atoms with Crippen LogP contribution in [-0.4, -0.2) is 78.0 Å². The SMILES string of the molecule is CN(CC(=O)O)CC(=O)N1CCN(Cc2cccs2)CC1. The first-order chi connectivity index (χ1) is 10.0. The van der Waals surface area contributed by atoms with Crippen molar-refractivity contribution in [3.05, 3.63) is 22.4 Å². The molecule has 1 amide bonds. The summed E-state index contributed by atoms with van der Waals surface area (Å²) in [7, 11) is 1.65. The second-order valence-electron chi connectivity index (χ2n) is 5.30. The number of likely N-dealkylation sites (N-methyl/N-ethyl adjacent to an activating group) is 1. The highest BCUT2D eigenvalue weighted by Gasteiger charge is 2.22. The molecule has 116 valence electrons. The van der Waals surface area contributed by atoms with Gasteiger partial charge in [0.15, 0.2) is 0 Å². The highest BCUT2D eigenvalue weighted by molar-refractivity contribution is 7.09. The molecule has 2 rings (SSSR count). The number of aliphatic carboxylic acids is 1. The van der Waals surface area contributed by atoms with E-state index in [4.69, 9.17) is 5.11 Å². The molecule has 0 radical (unpaired) electrons. The van der Waals surface area contributed by atoms with E-state index in [1.54, 1.807) is 18.4 Å². The lowest BCUT2D eigenvalue weighted by atomic mass is 10.3. The number of amides is 1. The van der Waals surface area contributed by atoms with E-state index in [9.17, 15) is 9.59 Å². The molecule has 1 aromatic heterocycles. The quantitative estimate of drug-likeness (QED) is 0.824. The Morgan fingerprint density at radius 2 is 2.00 bits per heavy atom. The standard InChI is InChI=1S/C14H21N3O3S/c1-15(11-14(19)20)10-13(18)17-6-4-16(5-7-17)9-12-3-2-8-21-12/h2-3,8H,4-7,9-11H2,1H3,(H,19,20). The molecule has 7 heteroatoms. The number of carboxylic acids is 1. The van der Waals surface area contributed by atoms with Crippen molar-refractivity contribution in [3.63, 3.8) is 0 Å². The summed E-state index contributed by atoms with van der Waals surface area (Å²) in [6, 6.07) is 4.18. The number of carbonyl (C=O) groups excluding carboxylic acids is 1. The van der Waals surface area contributed by atoms with Crippen molar-refractivity contribution in [1.29, 1.82) is 0 Å². The molecule has 0 aromatic carbocycles. The minimum absolute atomic E-state index is 0.00882. The van der Waals surface area contributed by atoms with Crippen LogP contribution in [0.15, 0.2) is 17.5 Å². The maximum Gasteiger partial charge on any atom is 0.317 e. The van der Waals surface area contributed by atoms with Crippen LogP contribution in [0.5, 0.6) is 0 Å².